The second kappa shape index (κ2) is 7.19. The van der Waals surface area contributed by atoms with Crippen molar-refractivity contribution in [1.29, 1.82) is 0 Å². The van der Waals surface area contributed by atoms with Gasteiger partial charge >= 0.3 is 6.03 Å². The van der Waals surface area contributed by atoms with Gasteiger partial charge < -0.3 is 5.32 Å². The summed E-state index contributed by atoms with van der Waals surface area (Å²) in [4.78, 5) is 14.4. The van der Waals surface area contributed by atoms with Crippen LogP contribution in [0.1, 0.15) is 12.5 Å². The largest absolute Gasteiger partial charge is 0.333 e. The lowest BCUT2D eigenvalue weighted by Crippen LogP contribution is -2.42. The van der Waals surface area contributed by atoms with E-state index in [-0.39, 0.29) is 12.1 Å². The number of hydrogen-bond acceptors (Lipinski definition) is 4. The summed E-state index contributed by atoms with van der Waals surface area (Å²) in [6.07, 6.45) is 1.57. The minimum atomic E-state index is -0.232. The Hall–Kier alpha value is -2.47. The molecule has 2 aromatic rings. The number of nitrogens with one attached hydrogen (secondary N) is 2. The molecule has 0 bridgehead atoms. The van der Waals surface area contributed by atoms with E-state index in [0.29, 0.717) is 11.7 Å². The normalized spacial score (nSPS) is 21.1. The first kappa shape index (κ1) is 15.4. The molecule has 2 heterocycles. The van der Waals surface area contributed by atoms with E-state index in [9.17, 15) is 4.79 Å². The molecule has 120 valence electrons. The average molecular weight is 311 g/mol. The van der Waals surface area contributed by atoms with Gasteiger partial charge in [-0.1, -0.05) is 37.3 Å². The van der Waals surface area contributed by atoms with E-state index >= 15 is 0 Å². The number of nitrogens with zero attached hydrogens (tertiary/aromatic N) is 3. The standard InChI is InChI=1S/C17H21N5O/c1-13-10-22(11-14-6-3-2-4-7-14)12-15(13)19-17(23)20-16-8-5-9-18-21-16/h2-9,13,15H,10-12H2,1H3,(H2,19,20,21,23)/t13-,15-/m1/s1. The SMILES string of the molecule is C[C@@H]1CN(Cc2ccccc2)C[C@H]1NC(=O)Nc1cccnn1. The minimum absolute atomic E-state index is 0.135. The minimum Gasteiger partial charge on any atom is -0.333 e. The molecule has 6 nitrogen and oxygen atoms in total. The number of amides is 2. The Balaban J connectivity index is 1.51. The first-order chi connectivity index (χ1) is 11.2. The number of likely N-dealkylation sites (tertiary alicyclic amines) is 1. The lowest BCUT2D eigenvalue weighted by Gasteiger charge is -2.17. The predicted octanol–water partition coefficient (Wildman–Crippen LogP) is 2.12. The highest BCUT2D eigenvalue weighted by molar-refractivity contribution is 5.88. The molecule has 0 radical (unpaired) electrons. The molecular weight excluding hydrogens is 290 g/mol. The third-order valence-electron chi connectivity index (χ3n) is 4.07. The van der Waals surface area contributed by atoms with Crippen molar-refractivity contribution in [2.45, 2.75) is 19.5 Å². The summed E-state index contributed by atoms with van der Waals surface area (Å²) in [6.45, 7) is 4.91. The van der Waals surface area contributed by atoms with Crippen molar-refractivity contribution >= 4 is 11.8 Å². The van der Waals surface area contributed by atoms with Crippen LogP contribution in [0.25, 0.3) is 0 Å². The Morgan fingerprint density at radius 1 is 1.22 bits per heavy atom. The molecule has 1 aromatic carbocycles. The highest BCUT2D eigenvalue weighted by atomic mass is 16.2. The van der Waals surface area contributed by atoms with Gasteiger partial charge in [-0.2, -0.15) is 5.10 Å². The Kier molecular flexibility index (Phi) is 4.83. The van der Waals surface area contributed by atoms with Crippen molar-refractivity contribution in [3.63, 3.8) is 0 Å². The van der Waals surface area contributed by atoms with Crippen LogP contribution >= 0.6 is 0 Å². The van der Waals surface area contributed by atoms with Crippen LogP contribution in [-0.2, 0) is 6.54 Å². The van der Waals surface area contributed by atoms with E-state index in [1.807, 2.05) is 6.07 Å². The molecule has 0 aliphatic carbocycles. The third kappa shape index (κ3) is 4.26. The molecule has 23 heavy (non-hydrogen) atoms. The van der Waals surface area contributed by atoms with Gasteiger partial charge in [-0.15, -0.1) is 5.10 Å². The number of aromatic nitrogens is 2. The Labute approximate surface area is 135 Å². The maximum Gasteiger partial charge on any atom is 0.320 e. The number of anilines is 1. The van der Waals surface area contributed by atoms with E-state index in [2.05, 4.69) is 56.9 Å². The second-order valence-electron chi connectivity index (χ2n) is 5.97. The lowest BCUT2D eigenvalue weighted by molar-refractivity contribution is 0.246. The zero-order valence-electron chi connectivity index (χ0n) is 13.1. The molecule has 2 N–H and O–H groups in total. The molecule has 0 spiro atoms. The summed E-state index contributed by atoms with van der Waals surface area (Å²) in [6, 6.07) is 13.8. The van der Waals surface area contributed by atoms with Crippen molar-refractivity contribution in [2.75, 3.05) is 18.4 Å². The number of carbonyl (C=O) groups excluding carboxylic acids is 1. The van der Waals surface area contributed by atoms with Crippen LogP contribution in [0.2, 0.25) is 0 Å². The predicted molar refractivity (Wildman–Crippen MR) is 88.9 cm³/mol. The number of benzene rings is 1. The lowest BCUT2D eigenvalue weighted by atomic mass is 10.1. The first-order valence-electron chi connectivity index (χ1n) is 7.82. The number of hydrogen-bond donors (Lipinski definition) is 2. The van der Waals surface area contributed by atoms with Gasteiger partial charge in [0.25, 0.3) is 0 Å². The van der Waals surface area contributed by atoms with Crippen LogP contribution in [0.15, 0.2) is 48.7 Å². The summed E-state index contributed by atoms with van der Waals surface area (Å²) in [5.74, 6) is 0.864. The molecule has 3 rings (SSSR count). The van der Waals surface area contributed by atoms with Crippen molar-refractivity contribution in [2.24, 2.45) is 5.92 Å². The summed E-state index contributed by atoms with van der Waals surface area (Å²) in [5.41, 5.74) is 1.30. The number of rotatable bonds is 4. The quantitative estimate of drug-likeness (QED) is 0.907. The molecule has 0 unspecified atom stereocenters. The maximum atomic E-state index is 12.1. The molecule has 1 aromatic heterocycles. The van der Waals surface area contributed by atoms with Crippen molar-refractivity contribution in [3.05, 3.63) is 54.2 Å². The van der Waals surface area contributed by atoms with E-state index in [1.54, 1.807) is 18.3 Å². The van der Waals surface area contributed by atoms with Crippen LogP contribution in [-0.4, -0.2) is 40.3 Å². The number of urea groups is 1. The van der Waals surface area contributed by atoms with Crippen LogP contribution < -0.4 is 10.6 Å². The maximum absolute atomic E-state index is 12.1. The first-order valence-corrected chi connectivity index (χ1v) is 7.82. The van der Waals surface area contributed by atoms with Gasteiger partial charge in [0, 0.05) is 31.9 Å². The Morgan fingerprint density at radius 3 is 2.78 bits per heavy atom. The van der Waals surface area contributed by atoms with Crippen LogP contribution in [0, 0.1) is 5.92 Å². The van der Waals surface area contributed by atoms with E-state index in [4.69, 9.17) is 0 Å². The molecule has 1 aliphatic rings. The fourth-order valence-corrected chi connectivity index (χ4v) is 2.91. The van der Waals surface area contributed by atoms with Gasteiger partial charge in [0.1, 0.15) is 0 Å². The molecule has 6 heteroatoms. The zero-order chi connectivity index (χ0) is 16.1. The second-order valence-corrected chi connectivity index (χ2v) is 5.97. The molecular formula is C17H21N5O. The van der Waals surface area contributed by atoms with Gasteiger partial charge in [0.05, 0.1) is 0 Å². The fourth-order valence-electron chi connectivity index (χ4n) is 2.91. The smallest absolute Gasteiger partial charge is 0.320 e. The average Bonchev–Trinajstić information content (AvgIpc) is 2.88. The highest BCUT2D eigenvalue weighted by Crippen LogP contribution is 2.19. The van der Waals surface area contributed by atoms with E-state index in [1.165, 1.54) is 5.56 Å². The van der Waals surface area contributed by atoms with E-state index in [0.717, 1.165) is 19.6 Å². The monoisotopic (exact) mass is 311 g/mol. The highest BCUT2D eigenvalue weighted by Gasteiger charge is 2.30. The molecule has 0 saturated carbocycles. The Morgan fingerprint density at radius 2 is 2.04 bits per heavy atom. The number of carbonyl (C=O) groups is 1. The molecule has 2 atom stereocenters. The van der Waals surface area contributed by atoms with Crippen molar-refractivity contribution < 1.29 is 4.79 Å². The molecule has 1 saturated heterocycles. The third-order valence-corrected chi connectivity index (χ3v) is 4.07. The van der Waals surface area contributed by atoms with Gasteiger partial charge in [-0.3, -0.25) is 10.2 Å². The topological polar surface area (TPSA) is 70.2 Å². The summed E-state index contributed by atoms with van der Waals surface area (Å²) >= 11 is 0. The molecule has 2 amide bonds. The van der Waals surface area contributed by atoms with Gasteiger partial charge in [-0.05, 0) is 23.6 Å². The zero-order valence-corrected chi connectivity index (χ0v) is 13.1. The summed E-state index contributed by atoms with van der Waals surface area (Å²) in [5, 5.41) is 13.3. The van der Waals surface area contributed by atoms with E-state index < -0.39 is 0 Å². The summed E-state index contributed by atoms with van der Waals surface area (Å²) in [7, 11) is 0. The van der Waals surface area contributed by atoms with Crippen LogP contribution in [0.5, 0.6) is 0 Å². The fraction of sp³-hybridized carbons (Fsp3) is 0.353. The molecule has 1 aliphatic heterocycles. The van der Waals surface area contributed by atoms with Crippen molar-refractivity contribution in [3.8, 4) is 0 Å². The van der Waals surface area contributed by atoms with Crippen LogP contribution in [0.3, 0.4) is 0 Å². The van der Waals surface area contributed by atoms with Crippen LogP contribution in [0.4, 0.5) is 10.6 Å². The van der Waals surface area contributed by atoms with Gasteiger partial charge in [0.2, 0.25) is 0 Å². The van der Waals surface area contributed by atoms with Gasteiger partial charge in [-0.25, -0.2) is 4.79 Å². The Bertz CT molecular complexity index is 634. The summed E-state index contributed by atoms with van der Waals surface area (Å²) < 4.78 is 0. The molecule has 1 fully saturated rings. The van der Waals surface area contributed by atoms with Crippen molar-refractivity contribution in [1.82, 2.24) is 20.4 Å². The van der Waals surface area contributed by atoms with Gasteiger partial charge in [0.15, 0.2) is 5.82 Å².